The van der Waals surface area contributed by atoms with E-state index < -0.39 is 16.1 Å². The minimum absolute atomic E-state index is 0.0378. The highest BCUT2D eigenvalue weighted by atomic mass is 32.2. The van der Waals surface area contributed by atoms with Crippen molar-refractivity contribution in [2.75, 3.05) is 0 Å². The Bertz CT molecular complexity index is 965. The number of hydrogen-bond donors (Lipinski definition) is 1. The first-order valence-corrected chi connectivity index (χ1v) is 10.3. The molecule has 1 unspecified atom stereocenters. The summed E-state index contributed by atoms with van der Waals surface area (Å²) in [6.07, 6.45) is 0. The Morgan fingerprint density at radius 1 is 0.769 bits per heavy atom. The van der Waals surface area contributed by atoms with Crippen molar-refractivity contribution in [1.82, 2.24) is 4.72 Å². The lowest BCUT2D eigenvalue weighted by molar-refractivity contribution is 0.571. The highest BCUT2D eigenvalue weighted by molar-refractivity contribution is 7.88. The molecule has 0 aromatic heterocycles. The largest absolute Gasteiger partial charge is 0.216 e. The second-order valence-corrected chi connectivity index (χ2v) is 8.37. The van der Waals surface area contributed by atoms with Gasteiger partial charge < -0.3 is 0 Å². The summed E-state index contributed by atoms with van der Waals surface area (Å²) in [7, 11) is -3.51. The van der Waals surface area contributed by atoms with Gasteiger partial charge in [-0.05, 0) is 30.5 Å². The zero-order chi connectivity index (χ0) is 18.6. The van der Waals surface area contributed by atoms with Gasteiger partial charge >= 0.3 is 0 Å². The van der Waals surface area contributed by atoms with E-state index in [2.05, 4.69) is 4.72 Å². The fourth-order valence-electron chi connectivity index (χ4n) is 2.98. The third-order valence-electron chi connectivity index (χ3n) is 4.28. The van der Waals surface area contributed by atoms with Crippen LogP contribution in [0.5, 0.6) is 0 Å². The Balaban J connectivity index is 1.91. The molecule has 134 valence electrons. The van der Waals surface area contributed by atoms with Crippen molar-refractivity contribution in [2.24, 2.45) is 0 Å². The molecule has 3 rings (SSSR count). The van der Waals surface area contributed by atoms with Crippen LogP contribution in [-0.4, -0.2) is 8.42 Å². The van der Waals surface area contributed by atoms with Crippen molar-refractivity contribution in [2.45, 2.75) is 25.6 Å². The number of hydrogen-bond acceptors (Lipinski definition) is 2. The Kier molecular flexibility index (Phi) is 5.55. The zero-order valence-corrected chi connectivity index (χ0v) is 15.8. The molecule has 26 heavy (non-hydrogen) atoms. The van der Waals surface area contributed by atoms with Crippen LogP contribution in [0.3, 0.4) is 0 Å². The molecule has 0 aliphatic carbocycles. The van der Waals surface area contributed by atoms with Crippen molar-refractivity contribution in [3.63, 3.8) is 0 Å². The van der Waals surface area contributed by atoms with Crippen LogP contribution in [0.15, 0.2) is 78.9 Å². The molecule has 1 atom stereocenters. The van der Waals surface area contributed by atoms with E-state index in [4.69, 9.17) is 0 Å². The van der Waals surface area contributed by atoms with Gasteiger partial charge in [0.1, 0.15) is 0 Å². The van der Waals surface area contributed by atoms with Gasteiger partial charge in [0.2, 0.25) is 10.0 Å². The number of nitrogens with one attached hydrogen (secondary N) is 1. The Hall–Kier alpha value is -2.43. The van der Waals surface area contributed by atoms with E-state index in [0.717, 1.165) is 27.8 Å². The summed E-state index contributed by atoms with van der Waals surface area (Å²) < 4.78 is 28.5. The van der Waals surface area contributed by atoms with Crippen molar-refractivity contribution >= 4 is 10.0 Å². The first-order valence-electron chi connectivity index (χ1n) is 8.60. The van der Waals surface area contributed by atoms with Crippen molar-refractivity contribution in [3.8, 4) is 0 Å². The van der Waals surface area contributed by atoms with Gasteiger partial charge in [0, 0.05) is 0 Å². The lowest BCUT2D eigenvalue weighted by Crippen LogP contribution is -2.30. The molecule has 0 saturated carbocycles. The average molecular weight is 365 g/mol. The number of benzene rings is 3. The maximum atomic E-state index is 12.8. The molecule has 1 N–H and O–H groups in total. The van der Waals surface area contributed by atoms with Crippen LogP contribution in [0.1, 0.15) is 33.9 Å². The minimum atomic E-state index is -3.51. The maximum Gasteiger partial charge on any atom is 0.216 e. The van der Waals surface area contributed by atoms with Crippen LogP contribution in [0.2, 0.25) is 0 Å². The normalized spacial score (nSPS) is 12.7. The van der Waals surface area contributed by atoms with Crippen LogP contribution < -0.4 is 4.72 Å². The van der Waals surface area contributed by atoms with Gasteiger partial charge in [0.05, 0.1) is 11.8 Å². The summed E-state index contributed by atoms with van der Waals surface area (Å²) >= 11 is 0. The van der Waals surface area contributed by atoms with Gasteiger partial charge in [0.25, 0.3) is 0 Å². The third kappa shape index (κ3) is 4.81. The molecule has 0 aliphatic rings. The zero-order valence-electron chi connectivity index (χ0n) is 15.0. The van der Waals surface area contributed by atoms with Crippen molar-refractivity contribution < 1.29 is 8.42 Å². The molecular weight excluding hydrogens is 342 g/mol. The molecule has 0 heterocycles. The molecule has 0 amide bonds. The van der Waals surface area contributed by atoms with Gasteiger partial charge in [-0.3, -0.25) is 0 Å². The van der Waals surface area contributed by atoms with E-state index in [1.807, 2.05) is 92.7 Å². The predicted molar refractivity (Wildman–Crippen MR) is 106 cm³/mol. The lowest BCUT2D eigenvalue weighted by atomic mass is 9.99. The number of sulfonamides is 1. The van der Waals surface area contributed by atoms with E-state index >= 15 is 0 Å². The van der Waals surface area contributed by atoms with Gasteiger partial charge in [0.15, 0.2) is 0 Å². The molecular formula is C22H23NO2S. The second kappa shape index (κ2) is 7.85. The Morgan fingerprint density at radius 3 is 2.08 bits per heavy atom. The summed E-state index contributed by atoms with van der Waals surface area (Å²) in [5, 5.41) is 0. The van der Waals surface area contributed by atoms with E-state index in [0.29, 0.717) is 0 Å². The molecule has 3 nitrogen and oxygen atoms in total. The number of rotatable bonds is 6. The van der Waals surface area contributed by atoms with Crippen LogP contribution in [-0.2, 0) is 15.8 Å². The average Bonchev–Trinajstić information content (AvgIpc) is 2.61. The Morgan fingerprint density at radius 2 is 1.42 bits per heavy atom. The molecule has 0 saturated heterocycles. The number of aryl methyl sites for hydroxylation is 2. The van der Waals surface area contributed by atoms with Crippen LogP contribution >= 0.6 is 0 Å². The van der Waals surface area contributed by atoms with Gasteiger partial charge in [-0.1, -0.05) is 90.0 Å². The van der Waals surface area contributed by atoms with E-state index in [1.54, 1.807) is 0 Å². The summed E-state index contributed by atoms with van der Waals surface area (Å²) in [4.78, 5) is 0. The Labute approximate surface area is 155 Å². The molecule has 3 aromatic rings. The van der Waals surface area contributed by atoms with Crippen LogP contribution in [0.25, 0.3) is 0 Å². The standard InChI is InChI=1S/C22H23NO2S/c1-17-11-13-21(14-12-17)22(20-9-4-3-5-10-20)23-26(24,25)16-19-8-6-7-18(2)15-19/h3-15,22-23H,16H2,1-2H3. The fraction of sp³-hybridized carbons (Fsp3) is 0.182. The highest BCUT2D eigenvalue weighted by Gasteiger charge is 2.21. The van der Waals surface area contributed by atoms with Crippen LogP contribution in [0.4, 0.5) is 0 Å². The predicted octanol–water partition coefficient (Wildman–Crippen LogP) is 4.51. The summed E-state index contributed by atoms with van der Waals surface area (Å²) in [5.41, 5.74) is 4.83. The summed E-state index contributed by atoms with van der Waals surface area (Å²) in [5.74, 6) is -0.0378. The fourth-order valence-corrected chi connectivity index (χ4v) is 4.31. The first kappa shape index (κ1) is 18.4. The molecule has 0 spiro atoms. The van der Waals surface area contributed by atoms with Gasteiger partial charge in [-0.2, -0.15) is 0 Å². The monoisotopic (exact) mass is 365 g/mol. The van der Waals surface area contributed by atoms with E-state index in [-0.39, 0.29) is 5.75 Å². The molecule has 0 fully saturated rings. The van der Waals surface area contributed by atoms with Gasteiger partial charge in [-0.15, -0.1) is 0 Å². The summed E-state index contributed by atoms with van der Waals surface area (Å²) in [6.45, 7) is 3.98. The molecule has 4 heteroatoms. The van der Waals surface area contributed by atoms with Crippen molar-refractivity contribution in [3.05, 3.63) is 107 Å². The molecule has 0 bridgehead atoms. The SMILES string of the molecule is Cc1ccc(C(NS(=O)(=O)Cc2cccc(C)c2)c2ccccc2)cc1. The van der Waals surface area contributed by atoms with E-state index in [1.165, 1.54) is 0 Å². The maximum absolute atomic E-state index is 12.8. The van der Waals surface area contributed by atoms with Crippen LogP contribution in [0, 0.1) is 13.8 Å². The minimum Gasteiger partial charge on any atom is -0.212 e. The van der Waals surface area contributed by atoms with E-state index in [9.17, 15) is 8.42 Å². The quantitative estimate of drug-likeness (QED) is 0.698. The highest BCUT2D eigenvalue weighted by Crippen LogP contribution is 2.24. The van der Waals surface area contributed by atoms with Crippen molar-refractivity contribution in [1.29, 1.82) is 0 Å². The topological polar surface area (TPSA) is 46.2 Å². The molecule has 0 aliphatic heterocycles. The third-order valence-corrected chi connectivity index (χ3v) is 5.59. The molecule has 0 radical (unpaired) electrons. The second-order valence-electron chi connectivity index (χ2n) is 6.62. The summed E-state index contributed by atoms with van der Waals surface area (Å²) in [6, 6.07) is 24.8. The first-order chi connectivity index (χ1) is 12.4. The van der Waals surface area contributed by atoms with Gasteiger partial charge in [-0.25, -0.2) is 13.1 Å². The molecule has 3 aromatic carbocycles. The smallest absolute Gasteiger partial charge is 0.212 e. The lowest BCUT2D eigenvalue weighted by Gasteiger charge is -2.20.